The van der Waals surface area contributed by atoms with Crippen molar-refractivity contribution in [2.75, 3.05) is 7.05 Å². The van der Waals surface area contributed by atoms with Crippen molar-refractivity contribution in [2.45, 2.75) is 38.6 Å². The molecule has 3 heteroatoms. The van der Waals surface area contributed by atoms with Gasteiger partial charge in [0.25, 0.3) is 0 Å². The maximum Gasteiger partial charge on any atom is 0.239 e. The van der Waals surface area contributed by atoms with E-state index in [1.165, 1.54) is 0 Å². The molecule has 3 N–H and O–H groups in total. The zero-order chi connectivity index (χ0) is 8.91. The van der Waals surface area contributed by atoms with E-state index < -0.39 is 5.54 Å². The summed E-state index contributed by atoms with van der Waals surface area (Å²) >= 11 is 0. The third-order valence-electron chi connectivity index (χ3n) is 1.93. The van der Waals surface area contributed by atoms with Crippen LogP contribution < -0.4 is 11.1 Å². The molecule has 1 amide bonds. The second-order valence-electron chi connectivity index (χ2n) is 2.59. The lowest BCUT2D eigenvalue weighted by molar-refractivity contribution is -0.128. The Balaban J connectivity index is 0.000000461. The molecule has 0 aromatic heterocycles. The average Bonchev–Trinajstić information content (AvgIpc) is 2.02. The van der Waals surface area contributed by atoms with Gasteiger partial charge >= 0.3 is 0 Å². The highest BCUT2D eigenvalue weighted by Gasteiger charge is 2.39. The van der Waals surface area contributed by atoms with Crippen LogP contribution in [-0.4, -0.2) is 18.5 Å². The van der Waals surface area contributed by atoms with E-state index in [4.69, 9.17) is 5.73 Å². The van der Waals surface area contributed by atoms with Crippen molar-refractivity contribution in [3.8, 4) is 0 Å². The van der Waals surface area contributed by atoms with Gasteiger partial charge in [0.15, 0.2) is 0 Å². The number of carbonyl (C=O) groups excluding carboxylic acids is 1. The lowest BCUT2D eigenvalue weighted by atomic mass is 9.77. The van der Waals surface area contributed by atoms with Crippen LogP contribution in [0.4, 0.5) is 0 Å². The normalized spacial score (nSPS) is 18.9. The summed E-state index contributed by atoms with van der Waals surface area (Å²) in [7, 11) is 1.62. The molecule has 1 rings (SSSR count). The topological polar surface area (TPSA) is 55.1 Å². The van der Waals surface area contributed by atoms with Crippen LogP contribution in [0.5, 0.6) is 0 Å². The molecule has 11 heavy (non-hydrogen) atoms. The summed E-state index contributed by atoms with van der Waals surface area (Å²) in [6.07, 6.45) is 2.77. The Morgan fingerprint density at radius 3 is 2.00 bits per heavy atom. The molecule has 1 fully saturated rings. The summed E-state index contributed by atoms with van der Waals surface area (Å²) in [6.45, 7) is 4.00. The van der Waals surface area contributed by atoms with E-state index in [-0.39, 0.29) is 5.91 Å². The van der Waals surface area contributed by atoms with Crippen LogP contribution in [0.1, 0.15) is 33.1 Å². The number of hydrogen-bond donors (Lipinski definition) is 2. The van der Waals surface area contributed by atoms with Crippen LogP contribution in [0.2, 0.25) is 0 Å². The molecule has 0 bridgehead atoms. The quantitative estimate of drug-likeness (QED) is 0.588. The molecule has 3 nitrogen and oxygen atoms in total. The van der Waals surface area contributed by atoms with Crippen molar-refractivity contribution in [2.24, 2.45) is 5.73 Å². The second-order valence-corrected chi connectivity index (χ2v) is 2.59. The van der Waals surface area contributed by atoms with Crippen LogP contribution >= 0.6 is 0 Å². The van der Waals surface area contributed by atoms with Gasteiger partial charge in [-0.15, -0.1) is 0 Å². The third kappa shape index (κ3) is 2.19. The zero-order valence-corrected chi connectivity index (χ0v) is 7.61. The maximum atomic E-state index is 10.9. The lowest BCUT2D eigenvalue weighted by Gasteiger charge is -2.35. The van der Waals surface area contributed by atoms with E-state index in [1.54, 1.807) is 7.05 Å². The number of nitrogens with two attached hydrogens (primary N) is 1. The molecule has 0 radical (unpaired) electrons. The summed E-state index contributed by atoms with van der Waals surface area (Å²) in [5.41, 5.74) is 5.13. The van der Waals surface area contributed by atoms with Gasteiger partial charge in [-0.2, -0.15) is 0 Å². The number of amides is 1. The van der Waals surface area contributed by atoms with Crippen molar-refractivity contribution in [3.05, 3.63) is 0 Å². The minimum atomic E-state index is -0.519. The fourth-order valence-electron chi connectivity index (χ4n) is 1.03. The van der Waals surface area contributed by atoms with Crippen molar-refractivity contribution in [1.82, 2.24) is 5.32 Å². The van der Waals surface area contributed by atoms with E-state index in [0.717, 1.165) is 19.3 Å². The molecule has 0 atom stereocenters. The molecule has 0 spiro atoms. The van der Waals surface area contributed by atoms with E-state index >= 15 is 0 Å². The molecule has 1 saturated carbocycles. The fourth-order valence-corrected chi connectivity index (χ4v) is 1.03. The smallest absolute Gasteiger partial charge is 0.239 e. The van der Waals surface area contributed by atoms with Crippen LogP contribution in [0.25, 0.3) is 0 Å². The number of nitrogens with one attached hydrogen (secondary N) is 1. The molecular formula is C8H18N2O. The van der Waals surface area contributed by atoms with Gasteiger partial charge in [0, 0.05) is 7.05 Å². The van der Waals surface area contributed by atoms with E-state index in [0.29, 0.717) is 0 Å². The molecule has 1 aliphatic rings. The Bertz CT molecular complexity index is 130. The summed E-state index contributed by atoms with van der Waals surface area (Å²) in [6, 6.07) is 0. The highest BCUT2D eigenvalue weighted by Crippen LogP contribution is 2.28. The Hall–Kier alpha value is -0.570. The van der Waals surface area contributed by atoms with Gasteiger partial charge < -0.3 is 11.1 Å². The first-order chi connectivity index (χ1) is 5.19. The van der Waals surface area contributed by atoms with Gasteiger partial charge in [-0.1, -0.05) is 13.8 Å². The minimum absolute atomic E-state index is 0.0197. The second kappa shape index (κ2) is 4.34. The molecule has 0 aromatic rings. The zero-order valence-electron chi connectivity index (χ0n) is 7.61. The highest BCUT2D eigenvalue weighted by molar-refractivity contribution is 5.86. The first-order valence-electron chi connectivity index (χ1n) is 4.20. The number of rotatable bonds is 1. The molecular weight excluding hydrogens is 140 g/mol. The number of carbonyl (C=O) groups is 1. The van der Waals surface area contributed by atoms with Gasteiger partial charge in [0.2, 0.25) is 5.91 Å². The molecule has 1 aliphatic carbocycles. The predicted octanol–water partition coefficient (Wildman–Crippen LogP) is 0.640. The standard InChI is InChI=1S/C6H12N2O.C2H6/c1-8-5(9)6(7)3-2-4-6;1-2/h2-4,7H2,1H3,(H,8,9);1-2H3. The van der Waals surface area contributed by atoms with Crippen molar-refractivity contribution < 1.29 is 4.79 Å². The van der Waals surface area contributed by atoms with Crippen molar-refractivity contribution >= 4 is 5.91 Å². The Morgan fingerprint density at radius 1 is 1.45 bits per heavy atom. The van der Waals surface area contributed by atoms with E-state index in [1.807, 2.05) is 13.8 Å². The summed E-state index contributed by atoms with van der Waals surface area (Å²) < 4.78 is 0. The first-order valence-corrected chi connectivity index (χ1v) is 4.20. The molecule has 0 aliphatic heterocycles. The summed E-state index contributed by atoms with van der Waals surface area (Å²) in [4.78, 5) is 10.9. The van der Waals surface area contributed by atoms with Crippen LogP contribution in [0.15, 0.2) is 0 Å². The van der Waals surface area contributed by atoms with Gasteiger partial charge in [0.05, 0.1) is 5.54 Å². The Kier molecular flexibility index (Phi) is 4.11. The summed E-state index contributed by atoms with van der Waals surface area (Å²) in [5.74, 6) is -0.0197. The van der Waals surface area contributed by atoms with Crippen LogP contribution in [0.3, 0.4) is 0 Å². The Morgan fingerprint density at radius 2 is 1.91 bits per heavy atom. The largest absolute Gasteiger partial charge is 0.358 e. The van der Waals surface area contributed by atoms with Crippen LogP contribution in [0, 0.1) is 0 Å². The fraction of sp³-hybridized carbons (Fsp3) is 0.875. The van der Waals surface area contributed by atoms with Gasteiger partial charge in [-0.3, -0.25) is 4.79 Å². The molecule has 66 valence electrons. The lowest BCUT2D eigenvalue weighted by Crippen LogP contribution is -2.57. The van der Waals surface area contributed by atoms with E-state index in [9.17, 15) is 4.79 Å². The van der Waals surface area contributed by atoms with Gasteiger partial charge in [-0.25, -0.2) is 0 Å². The highest BCUT2D eigenvalue weighted by atomic mass is 16.2. The van der Waals surface area contributed by atoms with Crippen molar-refractivity contribution in [3.63, 3.8) is 0 Å². The van der Waals surface area contributed by atoms with Crippen LogP contribution in [-0.2, 0) is 4.79 Å². The monoisotopic (exact) mass is 158 g/mol. The van der Waals surface area contributed by atoms with E-state index in [2.05, 4.69) is 5.32 Å². The third-order valence-corrected chi connectivity index (χ3v) is 1.93. The molecule has 0 heterocycles. The van der Waals surface area contributed by atoms with Crippen molar-refractivity contribution in [1.29, 1.82) is 0 Å². The summed E-state index contributed by atoms with van der Waals surface area (Å²) in [5, 5.41) is 2.54. The number of hydrogen-bond acceptors (Lipinski definition) is 2. The molecule has 0 saturated heterocycles. The number of likely N-dealkylation sites (N-methyl/N-ethyl adjacent to an activating group) is 1. The maximum absolute atomic E-state index is 10.9. The Labute approximate surface area is 68.3 Å². The minimum Gasteiger partial charge on any atom is -0.358 e. The molecule has 0 unspecified atom stereocenters. The molecule has 0 aromatic carbocycles. The average molecular weight is 158 g/mol. The SMILES string of the molecule is CC.CNC(=O)C1(N)CCC1. The van der Waals surface area contributed by atoms with Gasteiger partial charge in [-0.05, 0) is 19.3 Å². The first kappa shape index (κ1) is 10.4. The van der Waals surface area contributed by atoms with Gasteiger partial charge in [0.1, 0.15) is 0 Å². The predicted molar refractivity (Wildman–Crippen MR) is 46.2 cm³/mol.